The van der Waals surface area contributed by atoms with Crippen LogP contribution in [-0.2, 0) is 17.9 Å². The quantitative estimate of drug-likeness (QED) is 0.900. The van der Waals surface area contributed by atoms with Crippen LogP contribution in [0.25, 0.3) is 0 Å². The van der Waals surface area contributed by atoms with E-state index in [-0.39, 0.29) is 22.5 Å². The Morgan fingerprint density at radius 3 is 2.91 bits per heavy atom. The van der Waals surface area contributed by atoms with E-state index in [0.29, 0.717) is 12.3 Å². The zero-order chi connectivity index (χ0) is 16.1. The lowest BCUT2D eigenvalue weighted by molar-refractivity contribution is -0.122. The van der Waals surface area contributed by atoms with Crippen LogP contribution in [0.1, 0.15) is 5.56 Å². The van der Waals surface area contributed by atoms with Crippen molar-refractivity contribution in [1.82, 2.24) is 15.1 Å². The fourth-order valence-electron chi connectivity index (χ4n) is 1.73. The molecule has 2 rings (SSSR count). The summed E-state index contributed by atoms with van der Waals surface area (Å²) in [6.07, 6.45) is 1.22. The van der Waals surface area contributed by atoms with Gasteiger partial charge in [-0.1, -0.05) is 35.3 Å². The Bertz CT molecular complexity index is 746. The van der Waals surface area contributed by atoms with Crippen molar-refractivity contribution in [3.63, 3.8) is 0 Å². The van der Waals surface area contributed by atoms with Gasteiger partial charge >= 0.3 is 0 Å². The van der Waals surface area contributed by atoms with E-state index in [1.54, 1.807) is 7.11 Å². The molecule has 116 valence electrons. The molecule has 0 bridgehead atoms. The maximum absolute atomic E-state index is 11.9. The topological polar surface area (TPSA) is 73.2 Å². The SMILES string of the molecule is COc1cccc(CNC(=O)Cn2ncc(Cl)c(Cl)c2=O)c1. The van der Waals surface area contributed by atoms with Crippen molar-refractivity contribution < 1.29 is 9.53 Å². The molecule has 22 heavy (non-hydrogen) atoms. The summed E-state index contributed by atoms with van der Waals surface area (Å²) in [6.45, 7) is 0.0752. The number of benzene rings is 1. The number of rotatable bonds is 5. The van der Waals surface area contributed by atoms with E-state index in [1.807, 2.05) is 24.3 Å². The van der Waals surface area contributed by atoms with Crippen molar-refractivity contribution in [2.45, 2.75) is 13.1 Å². The average Bonchev–Trinajstić information content (AvgIpc) is 2.54. The Balaban J connectivity index is 1.99. The summed E-state index contributed by atoms with van der Waals surface area (Å²) in [5, 5.41) is 6.36. The smallest absolute Gasteiger partial charge is 0.287 e. The number of nitrogens with zero attached hydrogens (tertiary/aromatic N) is 2. The van der Waals surface area contributed by atoms with E-state index < -0.39 is 5.56 Å². The van der Waals surface area contributed by atoms with Gasteiger partial charge in [0.2, 0.25) is 5.91 Å². The monoisotopic (exact) mass is 341 g/mol. The molecule has 0 aliphatic carbocycles. The molecule has 0 saturated heterocycles. The summed E-state index contributed by atoms with van der Waals surface area (Å²) >= 11 is 11.4. The second-order valence-corrected chi connectivity index (χ2v) is 5.18. The molecule has 0 fully saturated rings. The maximum Gasteiger partial charge on any atom is 0.287 e. The van der Waals surface area contributed by atoms with Gasteiger partial charge in [0.05, 0.1) is 18.3 Å². The average molecular weight is 342 g/mol. The second-order valence-electron chi connectivity index (χ2n) is 4.40. The third-order valence-electron chi connectivity index (χ3n) is 2.86. The lowest BCUT2D eigenvalue weighted by Crippen LogP contribution is -2.33. The fourth-order valence-corrected chi connectivity index (χ4v) is 2.00. The van der Waals surface area contributed by atoms with Crippen LogP contribution in [0.15, 0.2) is 35.3 Å². The number of carbonyl (C=O) groups excluding carboxylic acids is 1. The molecule has 2 aromatic rings. The lowest BCUT2D eigenvalue weighted by atomic mass is 10.2. The molecule has 8 heteroatoms. The molecule has 1 N–H and O–H groups in total. The Hall–Kier alpha value is -2.05. The number of nitrogens with one attached hydrogen (secondary N) is 1. The van der Waals surface area contributed by atoms with Gasteiger partial charge in [-0.15, -0.1) is 0 Å². The van der Waals surface area contributed by atoms with Crippen LogP contribution in [0.4, 0.5) is 0 Å². The van der Waals surface area contributed by atoms with E-state index in [9.17, 15) is 9.59 Å². The highest BCUT2D eigenvalue weighted by molar-refractivity contribution is 6.41. The highest BCUT2D eigenvalue weighted by Crippen LogP contribution is 2.14. The molecule has 0 spiro atoms. The first kappa shape index (κ1) is 16.3. The van der Waals surface area contributed by atoms with E-state index in [1.165, 1.54) is 6.20 Å². The van der Waals surface area contributed by atoms with Gasteiger partial charge in [-0.05, 0) is 17.7 Å². The van der Waals surface area contributed by atoms with Crippen LogP contribution in [-0.4, -0.2) is 22.8 Å². The van der Waals surface area contributed by atoms with E-state index in [2.05, 4.69) is 10.4 Å². The number of halogens is 2. The minimum atomic E-state index is -0.606. The minimum Gasteiger partial charge on any atom is -0.497 e. The summed E-state index contributed by atoms with van der Waals surface area (Å²) in [5.74, 6) is 0.338. The zero-order valence-electron chi connectivity index (χ0n) is 11.7. The second kappa shape index (κ2) is 7.29. The van der Waals surface area contributed by atoms with Crippen molar-refractivity contribution in [1.29, 1.82) is 0 Å². The predicted octanol–water partition coefficient (Wildman–Crippen LogP) is 1.88. The number of ether oxygens (including phenoxy) is 1. The summed E-state index contributed by atoms with van der Waals surface area (Å²) < 4.78 is 6.06. The molecule has 0 radical (unpaired) electrons. The molecular formula is C14H13Cl2N3O3. The molecule has 0 atom stereocenters. The Morgan fingerprint density at radius 1 is 1.41 bits per heavy atom. The van der Waals surface area contributed by atoms with Crippen LogP contribution in [0.5, 0.6) is 5.75 Å². The van der Waals surface area contributed by atoms with Crippen molar-refractivity contribution in [2.24, 2.45) is 0 Å². The molecule has 0 saturated carbocycles. The van der Waals surface area contributed by atoms with E-state index in [0.717, 1.165) is 10.2 Å². The van der Waals surface area contributed by atoms with Crippen LogP contribution >= 0.6 is 23.2 Å². The number of carbonyl (C=O) groups is 1. The largest absolute Gasteiger partial charge is 0.497 e. The maximum atomic E-state index is 11.9. The number of aromatic nitrogens is 2. The van der Waals surface area contributed by atoms with Gasteiger partial charge in [0.1, 0.15) is 17.3 Å². The van der Waals surface area contributed by atoms with E-state index in [4.69, 9.17) is 27.9 Å². The van der Waals surface area contributed by atoms with Gasteiger partial charge in [-0.3, -0.25) is 9.59 Å². The Labute approximate surface area is 136 Å². The molecular weight excluding hydrogens is 329 g/mol. The lowest BCUT2D eigenvalue weighted by Gasteiger charge is -2.08. The van der Waals surface area contributed by atoms with Crippen LogP contribution in [0.2, 0.25) is 10.0 Å². The summed E-state index contributed by atoms with van der Waals surface area (Å²) in [6, 6.07) is 7.30. The highest BCUT2D eigenvalue weighted by atomic mass is 35.5. The van der Waals surface area contributed by atoms with Gasteiger partial charge in [-0.2, -0.15) is 5.10 Å². The first-order chi connectivity index (χ1) is 10.5. The first-order valence-electron chi connectivity index (χ1n) is 6.32. The van der Waals surface area contributed by atoms with Crippen molar-refractivity contribution >= 4 is 29.1 Å². The van der Waals surface area contributed by atoms with Gasteiger partial charge in [-0.25, -0.2) is 4.68 Å². The number of hydrogen-bond donors (Lipinski definition) is 1. The summed E-state index contributed by atoms with van der Waals surface area (Å²) in [7, 11) is 1.57. The molecule has 0 unspecified atom stereocenters. The van der Waals surface area contributed by atoms with Gasteiger partial charge < -0.3 is 10.1 Å². The number of methoxy groups -OCH3 is 1. The van der Waals surface area contributed by atoms with Crippen LogP contribution in [0, 0.1) is 0 Å². The first-order valence-corrected chi connectivity index (χ1v) is 7.07. The molecule has 1 aromatic carbocycles. The van der Waals surface area contributed by atoms with Gasteiger partial charge in [0, 0.05) is 6.54 Å². The zero-order valence-corrected chi connectivity index (χ0v) is 13.2. The van der Waals surface area contributed by atoms with Crippen molar-refractivity contribution in [3.05, 3.63) is 56.4 Å². The van der Waals surface area contributed by atoms with Crippen molar-refractivity contribution in [2.75, 3.05) is 7.11 Å². The molecule has 0 aliphatic heterocycles. The normalized spacial score (nSPS) is 10.3. The third-order valence-corrected chi connectivity index (χ3v) is 3.61. The minimum absolute atomic E-state index is 0.0553. The predicted molar refractivity (Wildman–Crippen MR) is 83.4 cm³/mol. The number of amides is 1. The Kier molecular flexibility index (Phi) is 5.41. The summed E-state index contributed by atoms with van der Waals surface area (Å²) in [4.78, 5) is 23.6. The Morgan fingerprint density at radius 2 is 2.18 bits per heavy atom. The third kappa shape index (κ3) is 3.99. The molecule has 1 aromatic heterocycles. The standard InChI is InChI=1S/C14H13Cl2N3O3/c1-22-10-4-2-3-9(5-10)6-17-12(20)8-19-14(21)13(16)11(15)7-18-19/h2-5,7H,6,8H2,1H3,(H,17,20). The van der Waals surface area contributed by atoms with Gasteiger partial charge in [0.25, 0.3) is 5.56 Å². The van der Waals surface area contributed by atoms with E-state index >= 15 is 0 Å². The molecule has 0 aliphatic rings. The summed E-state index contributed by atoms with van der Waals surface area (Å²) in [5.41, 5.74) is 0.271. The van der Waals surface area contributed by atoms with Crippen LogP contribution in [0.3, 0.4) is 0 Å². The highest BCUT2D eigenvalue weighted by Gasteiger charge is 2.10. The van der Waals surface area contributed by atoms with Crippen LogP contribution < -0.4 is 15.6 Å². The fraction of sp³-hybridized carbons (Fsp3) is 0.214. The van der Waals surface area contributed by atoms with Gasteiger partial charge in [0.15, 0.2) is 0 Å². The van der Waals surface area contributed by atoms with Crippen molar-refractivity contribution in [3.8, 4) is 5.75 Å². The number of hydrogen-bond acceptors (Lipinski definition) is 4. The molecule has 6 nitrogen and oxygen atoms in total. The molecule has 1 amide bonds. The molecule has 1 heterocycles.